The Balaban J connectivity index is 1.82. The normalized spacial score (nSPS) is 23.2. The van der Waals surface area contributed by atoms with Crippen LogP contribution < -0.4 is 5.73 Å². The van der Waals surface area contributed by atoms with Gasteiger partial charge in [0.05, 0.1) is 6.04 Å². The van der Waals surface area contributed by atoms with Crippen LogP contribution in [0.5, 0.6) is 0 Å². The minimum atomic E-state index is -0.411. The van der Waals surface area contributed by atoms with Gasteiger partial charge in [0, 0.05) is 32.1 Å². The van der Waals surface area contributed by atoms with Crippen molar-refractivity contribution in [1.29, 1.82) is 0 Å². The van der Waals surface area contributed by atoms with E-state index in [0.717, 1.165) is 19.3 Å². The molecule has 0 aromatic rings. The van der Waals surface area contributed by atoms with Gasteiger partial charge >= 0.3 is 0 Å². The standard InChI is InChI=1S/C17H31N3O2/c1-3-13(2)15(18)17(22)20-11-9-19(10-12-20)16(21)14-7-5-4-6-8-14/h13-15H,3-12,18H2,1-2H3. The van der Waals surface area contributed by atoms with Gasteiger partial charge in [-0.2, -0.15) is 0 Å². The lowest BCUT2D eigenvalue weighted by molar-refractivity contribution is -0.143. The average Bonchev–Trinajstić information content (AvgIpc) is 2.60. The minimum Gasteiger partial charge on any atom is -0.339 e. The molecule has 2 aliphatic rings. The first kappa shape index (κ1) is 17.3. The van der Waals surface area contributed by atoms with Crippen LogP contribution in [0.2, 0.25) is 0 Å². The summed E-state index contributed by atoms with van der Waals surface area (Å²) in [5, 5.41) is 0. The van der Waals surface area contributed by atoms with Crippen LogP contribution in [0.4, 0.5) is 0 Å². The predicted molar refractivity (Wildman–Crippen MR) is 87.2 cm³/mol. The highest BCUT2D eigenvalue weighted by Gasteiger charge is 2.31. The minimum absolute atomic E-state index is 0.0408. The molecule has 0 radical (unpaired) electrons. The van der Waals surface area contributed by atoms with E-state index < -0.39 is 6.04 Å². The summed E-state index contributed by atoms with van der Waals surface area (Å²) in [5.74, 6) is 0.768. The maximum Gasteiger partial charge on any atom is 0.239 e. The van der Waals surface area contributed by atoms with E-state index in [1.807, 2.05) is 16.7 Å². The van der Waals surface area contributed by atoms with Crippen molar-refractivity contribution in [2.24, 2.45) is 17.6 Å². The van der Waals surface area contributed by atoms with Crippen LogP contribution in [-0.2, 0) is 9.59 Å². The van der Waals surface area contributed by atoms with Gasteiger partial charge in [0.1, 0.15) is 0 Å². The molecule has 1 aliphatic carbocycles. The summed E-state index contributed by atoms with van der Waals surface area (Å²) < 4.78 is 0. The molecular weight excluding hydrogens is 278 g/mol. The van der Waals surface area contributed by atoms with Crippen molar-refractivity contribution in [3.8, 4) is 0 Å². The molecule has 2 atom stereocenters. The summed E-state index contributed by atoms with van der Waals surface area (Å²) in [6, 6.07) is -0.411. The summed E-state index contributed by atoms with van der Waals surface area (Å²) in [6.07, 6.45) is 6.61. The summed E-state index contributed by atoms with van der Waals surface area (Å²) in [4.78, 5) is 28.7. The Labute approximate surface area is 134 Å². The second kappa shape index (κ2) is 7.95. The van der Waals surface area contributed by atoms with Crippen molar-refractivity contribution in [2.75, 3.05) is 26.2 Å². The Kier molecular flexibility index (Phi) is 6.24. The fourth-order valence-corrected chi connectivity index (χ4v) is 3.46. The molecule has 1 heterocycles. The fourth-order valence-electron chi connectivity index (χ4n) is 3.46. The molecule has 22 heavy (non-hydrogen) atoms. The molecule has 2 fully saturated rings. The van der Waals surface area contributed by atoms with E-state index >= 15 is 0 Å². The summed E-state index contributed by atoms with van der Waals surface area (Å²) >= 11 is 0. The van der Waals surface area contributed by atoms with Crippen LogP contribution in [-0.4, -0.2) is 53.8 Å². The topological polar surface area (TPSA) is 66.6 Å². The van der Waals surface area contributed by atoms with Gasteiger partial charge < -0.3 is 15.5 Å². The third kappa shape index (κ3) is 4.00. The number of hydrogen-bond acceptors (Lipinski definition) is 3. The number of carbonyl (C=O) groups excluding carboxylic acids is 2. The molecular formula is C17H31N3O2. The van der Waals surface area contributed by atoms with Crippen LogP contribution in [0.15, 0.2) is 0 Å². The van der Waals surface area contributed by atoms with E-state index in [1.54, 1.807) is 0 Å². The maximum atomic E-state index is 12.5. The fraction of sp³-hybridized carbons (Fsp3) is 0.882. The van der Waals surface area contributed by atoms with Gasteiger partial charge in [-0.25, -0.2) is 0 Å². The van der Waals surface area contributed by atoms with E-state index in [9.17, 15) is 9.59 Å². The molecule has 5 nitrogen and oxygen atoms in total. The van der Waals surface area contributed by atoms with Gasteiger partial charge in [-0.15, -0.1) is 0 Å². The van der Waals surface area contributed by atoms with Crippen molar-refractivity contribution >= 4 is 11.8 Å². The van der Waals surface area contributed by atoms with E-state index in [-0.39, 0.29) is 17.7 Å². The predicted octanol–water partition coefficient (Wildman–Crippen LogP) is 1.61. The smallest absolute Gasteiger partial charge is 0.239 e. The lowest BCUT2D eigenvalue weighted by Crippen LogP contribution is -2.56. The maximum absolute atomic E-state index is 12.5. The Bertz CT molecular complexity index is 363. The molecule has 1 saturated carbocycles. The highest BCUT2D eigenvalue weighted by Crippen LogP contribution is 2.26. The van der Waals surface area contributed by atoms with E-state index in [2.05, 4.69) is 6.92 Å². The number of rotatable bonds is 4. The first-order chi connectivity index (χ1) is 10.5. The lowest BCUT2D eigenvalue weighted by atomic mass is 9.88. The highest BCUT2D eigenvalue weighted by atomic mass is 16.2. The van der Waals surface area contributed by atoms with E-state index in [0.29, 0.717) is 32.1 Å². The molecule has 5 heteroatoms. The second-order valence-corrected chi connectivity index (χ2v) is 6.90. The van der Waals surface area contributed by atoms with Gasteiger partial charge in [-0.3, -0.25) is 9.59 Å². The Hall–Kier alpha value is -1.10. The largest absolute Gasteiger partial charge is 0.339 e. The van der Waals surface area contributed by atoms with Gasteiger partial charge in [0.15, 0.2) is 0 Å². The molecule has 2 amide bonds. The number of piperazine rings is 1. The van der Waals surface area contributed by atoms with E-state index in [4.69, 9.17) is 5.73 Å². The van der Waals surface area contributed by atoms with Crippen molar-refractivity contribution in [3.05, 3.63) is 0 Å². The molecule has 1 aliphatic heterocycles. The summed E-state index contributed by atoms with van der Waals surface area (Å²) in [7, 11) is 0. The van der Waals surface area contributed by atoms with Gasteiger partial charge in [0.25, 0.3) is 0 Å². The average molecular weight is 309 g/mol. The molecule has 0 bridgehead atoms. The van der Waals surface area contributed by atoms with Crippen molar-refractivity contribution in [2.45, 2.75) is 58.4 Å². The van der Waals surface area contributed by atoms with Crippen LogP contribution in [0.1, 0.15) is 52.4 Å². The first-order valence-electron chi connectivity index (χ1n) is 8.87. The lowest BCUT2D eigenvalue weighted by Gasteiger charge is -2.38. The Morgan fingerprint density at radius 3 is 2.14 bits per heavy atom. The zero-order valence-electron chi connectivity index (χ0n) is 14.1. The zero-order chi connectivity index (χ0) is 16.1. The molecule has 1 saturated heterocycles. The van der Waals surface area contributed by atoms with E-state index in [1.165, 1.54) is 19.3 Å². The highest BCUT2D eigenvalue weighted by molar-refractivity contribution is 5.83. The molecule has 2 rings (SSSR count). The number of hydrogen-bond donors (Lipinski definition) is 1. The van der Waals surface area contributed by atoms with Gasteiger partial charge in [0.2, 0.25) is 11.8 Å². The number of carbonyl (C=O) groups is 2. The first-order valence-corrected chi connectivity index (χ1v) is 8.87. The van der Waals surface area contributed by atoms with Crippen LogP contribution in [0.3, 0.4) is 0 Å². The number of amides is 2. The Morgan fingerprint density at radius 2 is 1.59 bits per heavy atom. The van der Waals surface area contributed by atoms with Crippen molar-refractivity contribution in [3.63, 3.8) is 0 Å². The quantitative estimate of drug-likeness (QED) is 0.858. The molecule has 0 spiro atoms. The number of nitrogens with two attached hydrogens (primary N) is 1. The Morgan fingerprint density at radius 1 is 1.05 bits per heavy atom. The van der Waals surface area contributed by atoms with Crippen molar-refractivity contribution in [1.82, 2.24) is 9.80 Å². The molecule has 0 aromatic carbocycles. The molecule has 2 unspecified atom stereocenters. The molecule has 2 N–H and O–H groups in total. The summed E-state index contributed by atoms with van der Waals surface area (Å²) in [6.45, 7) is 6.65. The van der Waals surface area contributed by atoms with Crippen LogP contribution in [0, 0.1) is 11.8 Å². The van der Waals surface area contributed by atoms with Crippen molar-refractivity contribution < 1.29 is 9.59 Å². The van der Waals surface area contributed by atoms with Gasteiger partial charge in [-0.05, 0) is 18.8 Å². The SMILES string of the molecule is CCC(C)C(N)C(=O)N1CCN(C(=O)C2CCCCC2)CC1. The summed E-state index contributed by atoms with van der Waals surface area (Å²) in [5.41, 5.74) is 6.04. The second-order valence-electron chi connectivity index (χ2n) is 6.90. The molecule has 126 valence electrons. The van der Waals surface area contributed by atoms with Crippen LogP contribution >= 0.6 is 0 Å². The third-order valence-corrected chi connectivity index (χ3v) is 5.40. The van der Waals surface area contributed by atoms with Crippen LogP contribution in [0.25, 0.3) is 0 Å². The monoisotopic (exact) mass is 309 g/mol. The zero-order valence-corrected chi connectivity index (χ0v) is 14.1. The van der Waals surface area contributed by atoms with Gasteiger partial charge in [-0.1, -0.05) is 39.5 Å². The number of nitrogens with zero attached hydrogens (tertiary/aromatic N) is 2. The third-order valence-electron chi connectivity index (χ3n) is 5.40. The molecule has 0 aromatic heterocycles.